The molecule has 2 N–H and O–H groups in total. The SMILES string of the molecule is CCCC(N)C(=O)c1ccn(C)n1. The topological polar surface area (TPSA) is 60.9 Å². The minimum absolute atomic E-state index is 0.0672. The molecule has 1 aromatic heterocycles. The summed E-state index contributed by atoms with van der Waals surface area (Å²) < 4.78 is 1.60. The molecule has 0 aliphatic rings. The third-order valence-corrected chi connectivity index (χ3v) is 1.90. The smallest absolute Gasteiger partial charge is 0.199 e. The van der Waals surface area contributed by atoms with E-state index in [1.807, 2.05) is 6.92 Å². The van der Waals surface area contributed by atoms with Crippen molar-refractivity contribution in [1.82, 2.24) is 9.78 Å². The molecule has 1 unspecified atom stereocenters. The predicted molar refractivity (Wildman–Crippen MR) is 50.4 cm³/mol. The van der Waals surface area contributed by atoms with Crippen LogP contribution in [0.15, 0.2) is 12.3 Å². The first kappa shape index (κ1) is 9.92. The lowest BCUT2D eigenvalue weighted by Crippen LogP contribution is -2.30. The molecule has 0 amide bonds. The van der Waals surface area contributed by atoms with Crippen LogP contribution in [0.1, 0.15) is 30.3 Å². The lowest BCUT2D eigenvalue weighted by atomic mass is 10.1. The van der Waals surface area contributed by atoms with Gasteiger partial charge in [-0.1, -0.05) is 13.3 Å². The molecule has 72 valence electrons. The van der Waals surface area contributed by atoms with Gasteiger partial charge in [-0.15, -0.1) is 0 Å². The summed E-state index contributed by atoms with van der Waals surface area (Å²) in [5, 5.41) is 4.00. The van der Waals surface area contributed by atoms with Crippen LogP contribution in [0.25, 0.3) is 0 Å². The van der Waals surface area contributed by atoms with E-state index < -0.39 is 6.04 Å². The van der Waals surface area contributed by atoms with Crippen LogP contribution in [0.3, 0.4) is 0 Å². The summed E-state index contributed by atoms with van der Waals surface area (Å²) in [6, 6.07) is 1.29. The number of ketones is 1. The fourth-order valence-corrected chi connectivity index (χ4v) is 1.18. The van der Waals surface area contributed by atoms with Gasteiger partial charge in [0.15, 0.2) is 5.78 Å². The van der Waals surface area contributed by atoms with E-state index in [0.29, 0.717) is 5.69 Å². The van der Waals surface area contributed by atoms with Crippen molar-refractivity contribution < 1.29 is 4.79 Å². The molecule has 4 heteroatoms. The summed E-state index contributed by atoms with van der Waals surface area (Å²) in [6.07, 6.45) is 3.38. The quantitative estimate of drug-likeness (QED) is 0.696. The number of aryl methyl sites for hydroxylation is 1. The van der Waals surface area contributed by atoms with E-state index in [9.17, 15) is 4.79 Å². The van der Waals surface area contributed by atoms with E-state index >= 15 is 0 Å². The van der Waals surface area contributed by atoms with Crippen LogP contribution in [0, 0.1) is 0 Å². The molecule has 0 fully saturated rings. The van der Waals surface area contributed by atoms with Crippen molar-refractivity contribution in [2.75, 3.05) is 0 Å². The van der Waals surface area contributed by atoms with Crippen LogP contribution in [0.4, 0.5) is 0 Å². The molecule has 13 heavy (non-hydrogen) atoms. The molecule has 4 nitrogen and oxygen atoms in total. The predicted octanol–water partition coefficient (Wildman–Crippen LogP) is 0.730. The van der Waals surface area contributed by atoms with Crippen LogP contribution in [0.5, 0.6) is 0 Å². The number of aromatic nitrogens is 2. The maximum Gasteiger partial charge on any atom is 0.199 e. The van der Waals surface area contributed by atoms with Gasteiger partial charge < -0.3 is 5.73 Å². The average Bonchev–Trinajstić information content (AvgIpc) is 2.51. The van der Waals surface area contributed by atoms with Crippen LogP contribution in [0.2, 0.25) is 0 Å². The first-order chi connectivity index (χ1) is 6.15. The fraction of sp³-hybridized carbons (Fsp3) is 0.556. The van der Waals surface area contributed by atoms with Crippen molar-refractivity contribution in [3.05, 3.63) is 18.0 Å². The zero-order chi connectivity index (χ0) is 9.84. The Morgan fingerprint density at radius 1 is 1.77 bits per heavy atom. The maximum atomic E-state index is 11.5. The second-order valence-electron chi connectivity index (χ2n) is 3.13. The number of carbonyl (C=O) groups is 1. The van der Waals surface area contributed by atoms with Gasteiger partial charge in [-0.3, -0.25) is 9.48 Å². The van der Waals surface area contributed by atoms with E-state index in [2.05, 4.69) is 5.10 Å². The van der Waals surface area contributed by atoms with Crippen molar-refractivity contribution in [1.29, 1.82) is 0 Å². The molecule has 1 heterocycles. The highest BCUT2D eigenvalue weighted by atomic mass is 16.1. The number of Topliss-reactive ketones (excluding diaryl/α,β-unsaturated/α-hetero) is 1. The van der Waals surface area contributed by atoms with Gasteiger partial charge in [-0.05, 0) is 12.5 Å². The molecule has 1 rings (SSSR count). The number of carbonyl (C=O) groups excluding carboxylic acids is 1. The van der Waals surface area contributed by atoms with Crippen molar-refractivity contribution >= 4 is 5.78 Å². The number of nitrogens with zero attached hydrogens (tertiary/aromatic N) is 2. The van der Waals surface area contributed by atoms with Gasteiger partial charge in [0, 0.05) is 13.2 Å². The standard InChI is InChI=1S/C9H15N3O/c1-3-4-7(10)9(13)8-5-6-12(2)11-8/h5-7H,3-4,10H2,1-2H3. The molecule has 0 radical (unpaired) electrons. The zero-order valence-electron chi connectivity index (χ0n) is 8.03. The molecule has 0 saturated carbocycles. The molecular formula is C9H15N3O. The van der Waals surface area contributed by atoms with E-state index in [1.54, 1.807) is 24.0 Å². The summed E-state index contributed by atoms with van der Waals surface area (Å²) in [7, 11) is 1.78. The summed E-state index contributed by atoms with van der Waals surface area (Å²) >= 11 is 0. The summed E-state index contributed by atoms with van der Waals surface area (Å²) in [5.41, 5.74) is 6.13. The third kappa shape index (κ3) is 2.39. The lowest BCUT2D eigenvalue weighted by Gasteiger charge is -2.05. The molecule has 0 aliphatic heterocycles. The Balaban J connectivity index is 2.67. The third-order valence-electron chi connectivity index (χ3n) is 1.90. The molecule has 0 aromatic carbocycles. The largest absolute Gasteiger partial charge is 0.321 e. The van der Waals surface area contributed by atoms with Gasteiger partial charge in [-0.2, -0.15) is 5.10 Å². The van der Waals surface area contributed by atoms with Gasteiger partial charge in [0.25, 0.3) is 0 Å². The Bertz CT molecular complexity index is 293. The fourth-order valence-electron chi connectivity index (χ4n) is 1.18. The van der Waals surface area contributed by atoms with Crippen LogP contribution in [-0.2, 0) is 7.05 Å². The molecular weight excluding hydrogens is 166 g/mol. The van der Waals surface area contributed by atoms with Gasteiger partial charge in [-0.25, -0.2) is 0 Å². The first-order valence-corrected chi connectivity index (χ1v) is 4.44. The molecule has 0 aliphatic carbocycles. The Morgan fingerprint density at radius 2 is 2.46 bits per heavy atom. The summed E-state index contributed by atoms with van der Waals surface area (Å²) in [5.74, 6) is -0.0672. The molecule has 0 bridgehead atoms. The highest BCUT2D eigenvalue weighted by molar-refractivity contribution is 5.98. The molecule has 0 spiro atoms. The Labute approximate surface area is 77.7 Å². The van der Waals surface area contributed by atoms with Crippen LogP contribution >= 0.6 is 0 Å². The van der Waals surface area contributed by atoms with E-state index in [1.165, 1.54) is 0 Å². The second kappa shape index (κ2) is 4.18. The van der Waals surface area contributed by atoms with E-state index in [4.69, 9.17) is 5.73 Å². The summed E-state index contributed by atoms with van der Waals surface area (Å²) in [6.45, 7) is 2.01. The second-order valence-corrected chi connectivity index (χ2v) is 3.13. The number of hydrogen-bond acceptors (Lipinski definition) is 3. The Hall–Kier alpha value is -1.16. The Morgan fingerprint density at radius 3 is 2.92 bits per heavy atom. The normalized spacial score (nSPS) is 12.8. The number of rotatable bonds is 4. The van der Waals surface area contributed by atoms with Crippen molar-refractivity contribution in [3.63, 3.8) is 0 Å². The zero-order valence-corrected chi connectivity index (χ0v) is 8.03. The van der Waals surface area contributed by atoms with Gasteiger partial charge in [0.1, 0.15) is 5.69 Å². The van der Waals surface area contributed by atoms with Crippen molar-refractivity contribution in [2.24, 2.45) is 12.8 Å². The highest BCUT2D eigenvalue weighted by Gasteiger charge is 2.16. The maximum absolute atomic E-state index is 11.5. The lowest BCUT2D eigenvalue weighted by molar-refractivity contribution is 0.0951. The van der Waals surface area contributed by atoms with Gasteiger partial charge in [0.05, 0.1) is 6.04 Å². The average molecular weight is 181 g/mol. The Kier molecular flexibility index (Phi) is 3.19. The molecule has 1 aromatic rings. The van der Waals surface area contributed by atoms with Crippen LogP contribution in [-0.4, -0.2) is 21.6 Å². The minimum atomic E-state index is -0.403. The monoisotopic (exact) mass is 181 g/mol. The first-order valence-electron chi connectivity index (χ1n) is 4.44. The highest BCUT2D eigenvalue weighted by Crippen LogP contribution is 2.03. The van der Waals surface area contributed by atoms with Gasteiger partial charge in [0.2, 0.25) is 0 Å². The van der Waals surface area contributed by atoms with Crippen LogP contribution < -0.4 is 5.73 Å². The molecule has 1 atom stereocenters. The minimum Gasteiger partial charge on any atom is -0.321 e. The molecule has 0 saturated heterocycles. The number of nitrogens with two attached hydrogens (primary N) is 1. The number of hydrogen-bond donors (Lipinski definition) is 1. The van der Waals surface area contributed by atoms with E-state index in [-0.39, 0.29) is 5.78 Å². The van der Waals surface area contributed by atoms with Gasteiger partial charge >= 0.3 is 0 Å². The van der Waals surface area contributed by atoms with Crippen molar-refractivity contribution in [3.8, 4) is 0 Å². The summed E-state index contributed by atoms with van der Waals surface area (Å²) in [4.78, 5) is 11.5. The van der Waals surface area contributed by atoms with Crippen molar-refractivity contribution in [2.45, 2.75) is 25.8 Å². The van der Waals surface area contributed by atoms with E-state index in [0.717, 1.165) is 12.8 Å².